The highest BCUT2D eigenvalue weighted by Crippen LogP contribution is 2.29. The molecule has 2 aromatic carbocycles. The van der Waals surface area contributed by atoms with Crippen LogP contribution in [0.15, 0.2) is 48.5 Å². The first-order valence-electron chi connectivity index (χ1n) is 8.69. The molecular formula is C21H24N2O2. The summed E-state index contributed by atoms with van der Waals surface area (Å²) in [7, 11) is 0. The predicted molar refractivity (Wildman–Crippen MR) is 99.2 cm³/mol. The Balaban J connectivity index is 1.71. The maximum Gasteiger partial charge on any atom is 0.229 e. The Hall–Kier alpha value is -2.62. The first-order valence-corrected chi connectivity index (χ1v) is 8.69. The van der Waals surface area contributed by atoms with E-state index in [1.807, 2.05) is 74.2 Å². The van der Waals surface area contributed by atoms with E-state index in [-0.39, 0.29) is 30.2 Å². The van der Waals surface area contributed by atoms with Crippen molar-refractivity contribution in [2.45, 2.75) is 33.2 Å². The molecule has 0 radical (unpaired) electrons. The predicted octanol–water partition coefficient (Wildman–Crippen LogP) is 3.85. The van der Waals surface area contributed by atoms with E-state index in [0.29, 0.717) is 6.54 Å². The molecule has 1 aliphatic rings. The van der Waals surface area contributed by atoms with Crippen LogP contribution in [-0.2, 0) is 9.59 Å². The standard InChI is InChI=1S/C21H24N2O2/c1-14-8-7-9-15(2)20(14)22-21(25)18-12-19(24)23(13-18)16(3)17-10-5-4-6-11-17/h4-11,16,18H,12-13H2,1-3H3,(H,22,25)/t16-,18-/m1/s1. The molecule has 1 N–H and O–H groups in total. The Morgan fingerprint density at radius 2 is 1.72 bits per heavy atom. The number of carbonyl (C=O) groups is 2. The molecule has 2 aromatic rings. The fourth-order valence-corrected chi connectivity index (χ4v) is 3.43. The molecule has 0 unspecified atom stereocenters. The molecule has 2 amide bonds. The van der Waals surface area contributed by atoms with Gasteiger partial charge in [0.15, 0.2) is 0 Å². The van der Waals surface area contributed by atoms with Crippen LogP contribution in [-0.4, -0.2) is 23.3 Å². The molecule has 1 aliphatic heterocycles. The van der Waals surface area contributed by atoms with E-state index in [1.54, 1.807) is 0 Å². The van der Waals surface area contributed by atoms with Crippen LogP contribution >= 0.6 is 0 Å². The van der Waals surface area contributed by atoms with Crippen LogP contribution in [0.2, 0.25) is 0 Å². The van der Waals surface area contributed by atoms with E-state index in [1.165, 1.54) is 0 Å². The minimum Gasteiger partial charge on any atom is -0.335 e. The fraction of sp³-hybridized carbons (Fsp3) is 0.333. The molecule has 4 heteroatoms. The van der Waals surface area contributed by atoms with Gasteiger partial charge < -0.3 is 10.2 Å². The molecule has 0 spiro atoms. The summed E-state index contributed by atoms with van der Waals surface area (Å²) in [6, 6.07) is 15.8. The molecule has 130 valence electrons. The van der Waals surface area contributed by atoms with Gasteiger partial charge in [-0.05, 0) is 37.5 Å². The average molecular weight is 336 g/mol. The molecule has 0 saturated carbocycles. The number of hydrogen-bond donors (Lipinski definition) is 1. The van der Waals surface area contributed by atoms with Gasteiger partial charge in [-0.2, -0.15) is 0 Å². The number of nitrogens with zero attached hydrogens (tertiary/aromatic N) is 1. The Bertz CT molecular complexity index is 765. The monoisotopic (exact) mass is 336 g/mol. The summed E-state index contributed by atoms with van der Waals surface area (Å²) in [5.74, 6) is -0.343. The molecule has 1 fully saturated rings. The van der Waals surface area contributed by atoms with E-state index >= 15 is 0 Å². The normalized spacial score (nSPS) is 18.3. The van der Waals surface area contributed by atoms with Crippen molar-refractivity contribution in [3.05, 3.63) is 65.2 Å². The summed E-state index contributed by atoms with van der Waals surface area (Å²) in [6.07, 6.45) is 0.272. The molecule has 1 saturated heterocycles. The molecule has 4 nitrogen and oxygen atoms in total. The lowest BCUT2D eigenvalue weighted by Gasteiger charge is -2.25. The number of carbonyl (C=O) groups excluding carboxylic acids is 2. The largest absolute Gasteiger partial charge is 0.335 e. The summed E-state index contributed by atoms with van der Waals surface area (Å²) in [6.45, 7) is 6.43. The molecule has 3 rings (SSSR count). The highest BCUT2D eigenvalue weighted by molar-refractivity contribution is 5.98. The molecule has 2 atom stereocenters. The van der Waals surface area contributed by atoms with Gasteiger partial charge in [0.05, 0.1) is 12.0 Å². The van der Waals surface area contributed by atoms with E-state index in [2.05, 4.69) is 5.32 Å². The molecule has 1 heterocycles. The van der Waals surface area contributed by atoms with Crippen LogP contribution in [0.3, 0.4) is 0 Å². The number of likely N-dealkylation sites (tertiary alicyclic amines) is 1. The van der Waals surface area contributed by atoms with Gasteiger partial charge in [0.1, 0.15) is 0 Å². The Labute approximate surface area is 148 Å². The van der Waals surface area contributed by atoms with Crippen molar-refractivity contribution in [2.75, 3.05) is 11.9 Å². The van der Waals surface area contributed by atoms with E-state index in [0.717, 1.165) is 22.4 Å². The van der Waals surface area contributed by atoms with Crippen molar-refractivity contribution in [3.63, 3.8) is 0 Å². The first-order chi connectivity index (χ1) is 12.0. The smallest absolute Gasteiger partial charge is 0.229 e. The topological polar surface area (TPSA) is 49.4 Å². The van der Waals surface area contributed by atoms with Crippen molar-refractivity contribution in [1.29, 1.82) is 0 Å². The third-order valence-electron chi connectivity index (χ3n) is 5.01. The van der Waals surface area contributed by atoms with Crippen LogP contribution in [0.4, 0.5) is 5.69 Å². The number of rotatable bonds is 4. The fourth-order valence-electron chi connectivity index (χ4n) is 3.43. The first kappa shape index (κ1) is 17.2. The summed E-state index contributed by atoms with van der Waals surface area (Å²) in [5, 5.41) is 3.02. The number of aryl methyl sites for hydroxylation is 2. The molecular weight excluding hydrogens is 312 g/mol. The van der Waals surface area contributed by atoms with Gasteiger partial charge in [-0.25, -0.2) is 0 Å². The zero-order valence-corrected chi connectivity index (χ0v) is 15.0. The zero-order valence-electron chi connectivity index (χ0n) is 15.0. The van der Waals surface area contributed by atoms with Gasteiger partial charge in [0.25, 0.3) is 0 Å². The maximum absolute atomic E-state index is 12.7. The second kappa shape index (κ2) is 7.09. The van der Waals surface area contributed by atoms with Crippen LogP contribution in [0, 0.1) is 19.8 Å². The summed E-state index contributed by atoms with van der Waals surface area (Å²) >= 11 is 0. The average Bonchev–Trinajstić information content (AvgIpc) is 3.00. The lowest BCUT2D eigenvalue weighted by molar-refractivity contribution is -0.129. The third kappa shape index (κ3) is 3.58. The molecule has 0 bridgehead atoms. The third-order valence-corrected chi connectivity index (χ3v) is 5.01. The lowest BCUT2D eigenvalue weighted by atomic mass is 10.1. The Kier molecular flexibility index (Phi) is 4.88. The quantitative estimate of drug-likeness (QED) is 0.922. The van der Waals surface area contributed by atoms with Crippen molar-refractivity contribution in [2.24, 2.45) is 5.92 Å². The number of nitrogens with one attached hydrogen (secondary N) is 1. The summed E-state index contributed by atoms with van der Waals surface area (Å²) in [4.78, 5) is 26.9. The molecule has 0 aliphatic carbocycles. The lowest BCUT2D eigenvalue weighted by Crippen LogP contribution is -2.30. The van der Waals surface area contributed by atoms with Crippen molar-refractivity contribution >= 4 is 17.5 Å². The van der Waals surface area contributed by atoms with Crippen LogP contribution in [0.5, 0.6) is 0 Å². The Morgan fingerprint density at radius 1 is 1.08 bits per heavy atom. The minimum atomic E-state index is -0.308. The highest BCUT2D eigenvalue weighted by Gasteiger charge is 2.37. The molecule has 0 aromatic heterocycles. The van der Waals surface area contributed by atoms with Gasteiger partial charge in [0, 0.05) is 18.7 Å². The van der Waals surface area contributed by atoms with Crippen LogP contribution in [0.1, 0.15) is 36.1 Å². The van der Waals surface area contributed by atoms with E-state index in [4.69, 9.17) is 0 Å². The number of benzene rings is 2. The van der Waals surface area contributed by atoms with Crippen molar-refractivity contribution < 1.29 is 9.59 Å². The minimum absolute atomic E-state index is 0.0216. The molecule has 25 heavy (non-hydrogen) atoms. The van der Waals surface area contributed by atoms with Crippen molar-refractivity contribution in [3.8, 4) is 0 Å². The summed E-state index contributed by atoms with van der Waals surface area (Å²) < 4.78 is 0. The van der Waals surface area contributed by atoms with E-state index < -0.39 is 0 Å². The SMILES string of the molecule is Cc1cccc(C)c1NC(=O)[C@@H]1CC(=O)N([C@H](C)c2ccccc2)C1. The van der Waals surface area contributed by atoms with Gasteiger partial charge in [-0.15, -0.1) is 0 Å². The second-order valence-electron chi connectivity index (χ2n) is 6.79. The van der Waals surface area contributed by atoms with Gasteiger partial charge >= 0.3 is 0 Å². The number of hydrogen-bond acceptors (Lipinski definition) is 2. The zero-order chi connectivity index (χ0) is 18.0. The maximum atomic E-state index is 12.7. The number of para-hydroxylation sites is 1. The summed E-state index contributed by atoms with van der Waals surface area (Å²) in [5.41, 5.74) is 4.01. The van der Waals surface area contributed by atoms with Gasteiger partial charge in [0.2, 0.25) is 11.8 Å². The second-order valence-corrected chi connectivity index (χ2v) is 6.79. The van der Waals surface area contributed by atoms with Crippen LogP contribution in [0.25, 0.3) is 0 Å². The number of anilines is 1. The van der Waals surface area contributed by atoms with Gasteiger partial charge in [-0.1, -0.05) is 48.5 Å². The van der Waals surface area contributed by atoms with Crippen LogP contribution < -0.4 is 5.32 Å². The number of amides is 2. The van der Waals surface area contributed by atoms with Gasteiger partial charge in [-0.3, -0.25) is 9.59 Å². The Morgan fingerprint density at radius 3 is 2.36 bits per heavy atom. The highest BCUT2D eigenvalue weighted by atomic mass is 16.2. The van der Waals surface area contributed by atoms with E-state index in [9.17, 15) is 9.59 Å². The van der Waals surface area contributed by atoms with Crippen molar-refractivity contribution in [1.82, 2.24) is 4.90 Å².